The monoisotopic (exact) mass is 333 g/mol. The number of amides is 1. The smallest absolute Gasteiger partial charge is 0.228 e. The van der Waals surface area contributed by atoms with E-state index in [1.54, 1.807) is 0 Å². The summed E-state index contributed by atoms with van der Waals surface area (Å²) in [5.41, 5.74) is 2.79. The molecule has 3 nitrogen and oxygen atoms in total. The zero-order valence-electron chi connectivity index (χ0n) is 11.0. The van der Waals surface area contributed by atoms with Crippen molar-refractivity contribution in [1.82, 2.24) is 0 Å². The van der Waals surface area contributed by atoms with Crippen molar-refractivity contribution < 1.29 is 9.90 Å². The molecule has 0 heterocycles. The lowest BCUT2D eigenvalue weighted by Crippen LogP contribution is -2.14. The van der Waals surface area contributed by atoms with Gasteiger partial charge in [0, 0.05) is 16.8 Å². The second kappa shape index (κ2) is 7.22. The van der Waals surface area contributed by atoms with Gasteiger partial charge in [0.1, 0.15) is 0 Å². The van der Waals surface area contributed by atoms with Crippen molar-refractivity contribution in [2.45, 2.75) is 12.8 Å². The van der Waals surface area contributed by atoms with E-state index in [4.69, 9.17) is 5.11 Å². The van der Waals surface area contributed by atoms with Crippen LogP contribution in [0.4, 0.5) is 5.69 Å². The van der Waals surface area contributed by atoms with E-state index in [9.17, 15) is 4.79 Å². The molecule has 0 spiro atoms. The van der Waals surface area contributed by atoms with Crippen molar-refractivity contribution in [3.63, 3.8) is 0 Å². The summed E-state index contributed by atoms with van der Waals surface area (Å²) in [6.45, 7) is 0.134. The van der Waals surface area contributed by atoms with Crippen molar-refractivity contribution in [2.24, 2.45) is 0 Å². The summed E-state index contributed by atoms with van der Waals surface area (Å²) in [6.07, 6.45) is 0.976. The number of hydrogen-bond donors (Lipinski definition) is 2. The van der Waals surface area contributed by atoms with E-state index >= 15 is 0 Å². The zero-order valence-corrected chi connectivity index (χ0v) is 12.6. The zero-order chi connectivity index (χ0) is 14.4. The molecule has 0 aromatic heterocycles. The molecule has 1 amide bonds. The Morgan fingerprint density at radius 1 is 1.10 bits per heavy atom. The first-order chi connectivity index (χ1) is 9.67. The van der Waals surface area contributed by atoms with Crippen molar-refractivity contribution in [1.29, 1.82) is 0 Å². The molecular weight excluding hydrogens is 318 g/mol. The summed E-state index contributed by atoms with van der Waals surface area (Å²) in [6, 6.07) is 15.2. The van der Waals surface area contributed by atoms with Gasteiger partial charge in [-0.2, -0.15) is 0 Å². The molecule has 0 bridgehead atoms. The van der Waals surface area contributed by atoms with Crippen LogP contribution in [0.15, 0.2) is 53.0 Å². The number of carbonyl (C=O) groups excluding carboxylic acids is 1. The van der Waals surface area contributed by atoms with Gasteiger partial charge in [-0.05, 0) is 41.8 Å². The van der Waals surface area contributed by atoms with Crippen molar-refractivity contribution in [3.8, 4) is 0 Å². The van der Waals surface area contributed by atoms with Crippen LogP contribution < -0.4 is 5.32 Å². The van der Waals surface area contributed by atoms with Crippen LogP contribution in [0.2, 0.25) is 0 Å². The van der Waals surface area contributed by atoms with Gasteiger partial charge in [0.25, 0.3) is 0 Å². The predicted molar refractivity (Wildman–Crippen MR) is 83.7 cm³/mol. The highest BCUT2D eigenvalue weighted by molar-refractivity contribution is 9.10. The van der Waals surface area contributed by atoms with Crippen LogP contribution >= 0.6 is 15.9 Å². The highest BCUT2D eigenvalue weighted by Crippen LogP contribution is 2.14. The lowest BCUT2D eigenvalue weighted by Gasteiger charge is -2.06. The first-order valence-electron chi connectivity index (χ1n) is 6.41. The number of rotatable bonds is 5. The van der Waals surface area contributed by atoms with Crippen molar-refractivity contribution in [2.75, 3.05) is 11.9 Å². The Hall–Kier alpha value is -1.65. The minimum atomic E-state index is -0.0435. The van der Waals surface area contributed by atoms with Crippen molar-refractivity contribution >= 4 is 27.5 Å². The molecule has 0 fully saturated rings. The Morgan fingerprint density at radius 2 is 1.85 bits per heavy atom. The molecule has 2 rings (SSSR count). The van der Waals surface area contributed by atoms with Crippen LogP contribution in [0, 0.1) is 0 Å². The number of benzene rings is 2. The molecule has 0 saturated carbocycles. The summed E-state index contributed by atoms with van der Waals surface area (Å²) in [4.78, 5) is 11.9. The van der Waals surface area contributed by atoms with Gasteiger partial charge in [-0.15, -0.1) is 0 Å². The Kier molecular flexibility index (Phi) is 5.32. The molecule has 0 radical (unpaired) electrons. The molecule has 0 aliphatic rings. The quantitative estimate of drug-likeness (QED) is 0.882. The van der Waals surface area contributed by atoms with Crippen LogP contribution in [-0.2, 0) is 17.6 Å². The fourth-order valence-corrected chi connectivity index (χ4v) is 2.37. The third-order valence-electron chi connectivity index (χ3n) is 2.89. The Labute approximate surface area is 126 Å². The largest absolute Gasteiger partial charge is 0.396 e. The minimum Gasteiger partial charge on any atom is -0.396 e. The summed E-state index contributed by atoms with van der Waals surface area (Å²) in [7, 11) is 0. The van der Waals surface area contributed by atoms with Crippen molar-refractivity contribution in [3.05, 3.63) is 64.1 Å². The Morgan fingerprint density at radius 3 is 2.50 bits per heavy atom. The molecule has 20 heavy (non-hydrogen) atoms. The molecule has 0 aliphatic carbocycles. The lowest BCUT2D eigenvalue weighted by molar-refractivity contribution is -0.115. The first-order valence-corrected chi connectivity index (χ1v) is 7.21. The fraction of sp³-hybridized carbons (Fsp3) is 0.188. The van der Waals surface area contributed by atoms with Gasteiger partial charge in [0.15, 0.2) is 0 Å². The number of carbonyl (C=O) groups is 1. The number of hydrogen-bond acceptors (Lipinski definition) is 2. The Balaban J connectivity index is 1.94. The molecule has 0 saturated heterocycles. The average Bonchev–Trinajstić information content (AvgIpc) is 2.41. The first kappa shape index (κ1) is 14.8. The maximum Gasteiger partial charge on any atom is 0.228 e. The van der Waals surface area contributed by atoms with E-state index < -0.39 is 0 Å². The summed E-state index contributed by atoms with van der Waals surface area (Å²) >= 11 is 3.39. The molecule has 0 atom stereocenters. The molecule has 0 aliphatic heterocycles. The third kappa shape index (κ3) is 4.47. The maximum absolute atomic E-state index is 11.9. The van der Waals surface area contributed by atoms with Crippen LogP contribution in [-0.4, -0.2) is 17.6 Å². The van der Waals surface area contributed by atoms with E-state index in [1.165, 1.54) is 0 Å². The molecule has 4 heteroatoms. The topological polar surface area (TPSA) is 49.3 Å². The molecule has 2 N–H and O–H groups in total. The number of aliphatic hydroxyl groups is 1. The standard InChI is InChI=1S/C16H16BrNO2/c17-14-3-1-2-13(10-14)11-16(20)18-15-6-4-12(5-7-15)8-9-19/h1-7,10,19H,8-9,11H2,(H,18,20). The molecular formula is C16H16BrNO2. The van der Waals surface area contributed by atoms with E-state index in [-0.39, 0.29) is 12.5 Å². The van der Waals surface area contributed by atoms with Gasteiger partial charge >= 0.3 is 0 Å². The minimum absolute atomic E-state index is 0.0435. The molecule has 0 unspecified atom stereocenters. The average molecular weight is 334 g/mol. The number of aliphatic hydroxyl groups excluding tert-OH is 1. The summed E-state index contributed by atoms with van der Waals surface area (Å²) < 4.78 is 0.969. The highest BCUT2D eigenvalue weighted by Gasteiger charge is 2.04. The van der Waals surface area contributed by atoms with E-state index in [0.29, 0.717) is 12.8 Å². The summed E-state index contributed by atoms with van der Waals surface area (Å²) in [5.74, 6) is -0.0435. The maximum atomic E-state index is 11.9. The fourth-order valence-electron chi connectivity index (χ4n) is 1.92. The SMILES string of the molecule is O=C(Cc1cccc(Br)c1)Nc1ccc(CCO)cc1. The summed E-state index contributed by atoms with van der Waals surface area (Å²) in [5, 5.41) is 11.7. The van der Waals surface area contributed by atoms with Gasteiger partial charge in [-0.3, -0.25) is 4.79 Å². The van der Waals surface area contributed by atoms with Crippen LogP contribution in [0.1, 0.15) is 11.1 Å². The van der Waals surface area contributed by atoms with E-state index in [2.05, 4.69) is 21.2 Å². The number of anilines is 1. The molecule has 2 aromatic carbocycles. The van der Waals surface area contributed by atoms with Gasteiger partial charge < -0.3 is 10.4 Å². The lowest BCUT2D eigenvalue weighted by atomic mass is 10.1. The van der Waals surface area contributed by atoms with Crippen LogP contribution in [0.25, 0.3) is 0 Å². The Bertz CT molecular complexity index is 581. The van der Waals surface area contributed by atoms with Crippen LogP contribution in [0.5, 0.6) is 0 Å². The highest BCUT2D eigenvalue weighted by atomic mass is 79.9. The van der Waals surface area contributed by atoms with Gasteiger partial charge in [-0.25, -0.2) is 0 Å². The normalized spacial score (nSPS) is 10.3. The predicted octanol–water partition coefficient (Wildman–Crippen LogP) is 3.17. The molecule has 2 aromatic rings. The van der Waals surface area contributed by atoms with Gasteiger partial charge in [-0.1, -0.05) is 40.2 Å². The third-order valence-corrected chi connectivity index (χ3v) is 3.39. The number of nitrogens with one attached hydrogen (secondary N) is 1. The second-order valence-electron chi connectivity index (χ2n) is 4.53. The van der Waals surface area contributed by atoms with Gasteiger partial charge in [0.2, 0.25) is 5.91 Å². The second-order valence-corrected chi connectivity index (χ2v) is 5.44. The van der Waals surface area contributed by atoms with Gasteiger partial charge in [0.05, 0.1) is 6.42 Å². The van der Waals surface area contributed by atoms with Crippen LogP contribution in [0.3, 0.4) is 0 Å². The number of halogens is 1. The van der Waals surface area contributed by atoms with E-state index in [0.717, 1.165) is 21.3 Å². The molecule has 104 valence electrons. The van der Waals surface area contributed by atoms with E-state index in [1.807, 2.05) is 48.5 Å².